The molecule has 0 atom stereocenters. The minimum atomic E-state index is -0.582. The molecule has 0 bridgehead atoms. The van der Waals surface area contributed by atoms with Crippen LogP contribution in [-0.4, -0.2) is 18.1 Å². The van der Waals surface area contributed by atoms with Gasteiger partial charge in [-0.25, -0.2) is 0 Å². The Hall–Kier alpha value is -2.97. The van der Waals surface area contributed by atoms with Gasteiger partial charge < -0.3 is 15.2 Å². The minimum absolute atomic E-state index is 0.158. The van der Waals surface area contributed by atoms with Crippen LogP contribution in [0.2, 0.25) is 5.02 Å². The van der Waals surface area contributed by atoms with Crippen molar-refractivity contribution in [1.29, 1.82) is 5.26 Å². The van der Waals surface area contributed by atoms with E-state index in [1.54, 1.807) is 18.2 Å². The molecule has 0 aliphatic rings. The molecule has 0 saturated carbocycles. The molecule has 2 N–H and O–H groups in total. The number of phenols is 1. The molecule has 24 heavy (non-hydrogen) atoms. The van der Waals surface area contributed by atoms with E-state index in [4.69, 9.17) is 16.3 Å². The first kappa shape index (κ1) is 17.4. The fraction of sp³-hybridized carbons (Fsp3) is 0.111. The van der Waals surface area contributed by atoms with Crippen molar-refractivity contribution in [1.82, 2.24) is 0 Å². The molecule has 122 valence electrons. The largest absolute Gasteiger partial charge is 0.504 e. The maximum atomic E-state index is 12.3. The number of carbonyl (C=O) groups is 1. The first-order chi connectivity index (χ1) is 11.4. The van der Waals surface area contributed by atoms with Crippen LogP contribution in [0.25, 0.3) is 6.08 Å². The minimum Gasteiger partial charge on any atom is -0.504 e. The second kappa shape index (κ2) is 7.53. The smallest absolute Gasteiger partial charge is 0.266 e. The molecular formula is C18H15ClN2O3. The third-order valence-corrected chi connectivity index (χ3v) is 3.45. The lowest BCUT2D eigenvalue weighted by Gasteiger charge is -2.08. The van der Waals surface area contributed by atoms with E-state index < -0.39 is 5.91 Å². The number of aryl methyl sites for hydroxylation is 1. The van der Waals surface area contributed by atoms with Crippen LogP contribution in [0.5, 0.6) is 11.5 Å². The lowest BCUT2D eigenvalue weighted by atomic mass is 10.1. The highest BCUT2D eigenvalue weighted by molar-refractivity contribution is 6.31. The number of ether oxygens (including phenoxy) is 1. The van der Waals surface area contributed by atoms with Crippen LogP contribution >= 0.6 is 11.6 Å². The molecule has 6 heteroatoms. The van der Waals surface area contributed by atoms with Crippen LogP contribution in [0.1, 0.15) is 11.1 Å². The van der Waals surface area contributed by atoms with E-state index in [0.29, 0.717) is 10.7 Å². The van der Waals surface area contributed by atoms with E-state index in [-0.39, 0.29) is 22.6 Å². The summed E-state index contributed by atoms with van der Waals surface area (Å²) in [5.41, 5.74) is 1.60. The van der Waals surface area contributed by atoms with Gasteiger partial charge in [-0.3, -0.25) is 4.79 Å². The van der Waals surface area contributed by atoms with E-state index in [0.717, 1.165) is 5.56 Å². The van der Waals surface area contributed by atoms with Gasteiger partial charge in [0.25, 0.3) is 5.91 Å². The highest BCUT2D eigenvalue weighted by Crippen LogP contribution is 2.34. The van der Waals surface area contributed by atoms with E-state index in [1.807, 2.05) is 19.1 Å². The molecule has 0 fully saturated rings. The number of phenolic OH excluding ortho intramolecular Hbond substituents is 1. The van der Waals surface area contributed by atoms with E-state index >= 15 is 0 Å². The molecule has 0 aliphatic carbocycles. The number of rotatable bonds is 4. The van der Waals surface area contributed by atoms with Gasteiger partial charge in [0, 0.05) is 22.3 Å². The van der Waals surface area contributed by atoms with Crippen molar-refractivity contribution in [2.45, 2.75) is 6.92 Å². The van der Waals surface area contributed by atoms with Gasteiger partial charge in [-0.2, -0.15) is 5.26 Å². The van der Waals surface area contributed by atoms with Crippen LogP contribution in [0.3, 0.4) is 0 Å². The zero-order valence-electron chi connectivity index (χ0n) is 13.1. The summed E-state index contributed by atoms with van der Waals surface area (Å²) in [6.45, 7) is 1.90. The molecular weight excluding hydrogens is 328 g/mol. The Morgan fingerprint density at radius 3 is 2.75 bits per heavy atom. The molecule has 5 nitrogen and oxygen atoms in total. The topological polar surface area (TPSA) is 82.3 Å². The Bertz CT molecular complexity index is 854. The summed E-state index contributed by atoms with van der Waals surface area (Å²) in [6.07, 6.45) is 1.26. The number of hydrogen-bond donors (Lipinski definition) is 2. The molecule has 0 spiro atoms. The van der Waals surface area contributed by atoms with Gasteiger partial charge in [-0.05, 0) is 36.8 Å². The fourth-order valence-electron chi connectivity index (χ4n) is 2.09. The second-order valence-electron chi connectivity index (χ2n) is 5.04. The molecule has 0 saturated heterocycles. The van der Waals surface area contributed by atoms with E-state index in [9.17, 15) is 15.2 Å². The normalized spacial score (nSPS) is 10.8. The second-order valence-corrected chi connectivity index (χ2v) is 5.48. The average molecular weight is 343 g/mol. The standard InChI is InChI=1S/C18H15ClN2O3/c1-11-4-3-5-15(6-11)21-18(23)13(10-20)7-12-8-14(19)9-16(24-2)17(12)22/h3-9,22H,1-2H3,(H,21,23)/b13-7-. The van der Waals surface area contributed by atoms with Crippen molar-refractivity contribution in [3.05, 3.63) is 58.1 Å². The van der Waals surface area contributed by atoms with E-state index in [2.05, 4.69) is 5.32 Å². The molecule has 2 aromatic carbocycles. The molecule has 2 rings (SSSR count). The number of anilines is 1. The predicted octanol–water partition coefficient (Wildman–Crippen LogP) is 3.91. The zero-order valence-corrected chi connectivity index (χ0v) is 13.9. The number of halogens is 1. The number of amides is 1. The maximum absolute atomic E-state index is 12.3. The van der Waals surface area contributed by atoms with Crippen molar-refractivity contribution in [3.63, 3.8) is 0 Å². The van der Waals surface area contributed by atoms with Gasteiger partial charge in [-0.15, -0.1) is 0 Å². The molecule has 0 aliphatic heterocycles. The van der Waals surface area contributed by atoms with Crippen LogP contribution in [0, 0.1) is 18.3 Å². The van der Waals surface area contributed by atoms with Crippen molar-refractivity contribution in [2.75, 3.05) is 12.4 Å². The summed E-state index contributed by atoms with van der Waals surface area (Å²) in [6, 6.07) is 11.9. The monoisotopic (exact) mass is 342 g/mol. The Kier molecular flexibility index (Phi) is 5.46. The number of nitrogens with zero attached hydrogens (tertiary/aromatic N) is 1. The molecule has 0 heterocycles. The summed E-state index contributed by atoms with van der Waals surface area (Å²) in [5, 5.41) is 22.3. The first-order valence-corrected chi connectivity index (χ1v) is 7.38. The van der Waals surface area contributed by atoms with Gasteiger partial charge in [0.05, 0.1) is 7.11 Å². The van der Waals surface area contributed by atoms with Crippen LogP contribution in [0.4, 0.5) is 5.69 Å². The lowest BCUT2D eigenvalue weighted by molar-refractivity contribution is -0.112. The number of hydrogen-bond acceptors (Lipinski definition) is 4. The Morgan fingerprint density at radius 2 is 2.12 bits per heavy atom. The van der Waals surface area contributed by atoms with E-state index in [1.165, 1.54) is 25.3 Å². The SMILES string of the molecule is COc1cc(Cl)cc(/C=C(/C#N)C(=O)Nc2cccc(C)c2)c1O. The number of carbonyl (C=O) groups excluding carboxylic acids is 1. The zero-order chi connectivity index (χ0) is 17.7. The van der Waals surface area contributed by atoms with Gasteiger partial charge in [-0.1, -0.05) is 23.7 Å². The van der Waals surface area contributed by atoms with Gasteiger partial charge >= 0.3 is 0 Å². The summed E-state index contributed by atoms with van der Waals surface area (Å²) in [7, 11) is 1.38. The average Bonchev–Trinajstić information content (AvgIpc) is 2.55. The molecule has 0 radical (unpaired) electrons. The predicted molar refractivity (Wildman–Crippen MR) is 93.1 cm³/mol. The van der Waals surface area contributed by atoms with Crippen molar-refractivity contribution in [3.8, 4) is 17.6 Å². The first-order valence-electron chi connectivity index (χ1n) is 7.01. The number of nitrogens with one attached hydrogen (secondary N) is 1. The maximum Gasteiger partial charge on any atom is 0.266 e. The Labute approximate surface area is 144 Å². The van der Waals surface area contributed by atoms with Crippen molar-refractivity contribution in [2.24, 2.45) is 0 Å². The van der Waals surface area contributed by atoms with Crippen molar-refractivity contribution >= 4 is 29.3 Å². The van der Waals surface area contributed by atoms with Crippen LogP contribution < -0.4 is 10.1 Å². The third kappa shape index (κ3) is 4.06. The van der Waals surface area contributed by atoms with Crippen LogP contribution in [-0.2, 0) is 4.79 Å². The van der Waals surface area contributed by atoms with Gasteiger partial charge in [0.15, 0.2) is 11.5 Å². The summed E-state index contributed by atoms with van der Waals surface area (Å²) in [4.78, 5) is 12.3. The summed E-state index contributed by atoms with van der Waals surface area (Å²) < 4.78 is 5.00. The molecule has 0 aromatic heterocycles. The fourth-order valence-corrected chi connectivity index (χ4v) is 2.30. The van der Waals surface area contributed by atoms with Gasteiger partial charge in [0.2, 0.25) is 0 Å². The Morgan fingerprint density at radius 1 is 1.38 bits per heavy atom. The highest BCUT2D eigenvalue weighted by atomic mass is 35.5. The van der Waals surface area contributed by atoms with Gasteiger partial charge in [0.1, 0.15) is 11.6 Å². The van der Waals surface area contributed by atoms with Crippen molar-refractivity contribution < 1.29 is 14.6 Å². The number of benzene rings is 2. The summed E-state index contributed by atoms with van der Waals surface area (Å²) >= 11 is 5.95. The third-order valence-electron chi connectivity index (χ3n) is 3.23. The number of aromatic hydroxyl groups is 1. The summed E-state index contributed by atoms with van der Waals surface area (Å²) in [5.74, 6) is -0.621. The molecule has 1 amide bonds. The van der Waals surface area contributed by atoms with Crippen LogP contribution in [0.15, 0.2) is 42.0 Å². The number of methoxy groups -OCH3 is 1. The quantitative estimate of drug-likeness (QED) is 0.652. The number of nitriles is 1. The lowest BCUT2D eigenvalue weighted by Crippen LogP contribution is -2.13. The Balaban J connectivity index is 2.34. The molecule has 0 unspecified atom stereocenters. The highest BCUT2D eigenvalue weighted by Gasteiger charge is 2.14. The molecule has 2 aromatic rings.